The van der Waals surface area contributed by atoms with Gasteiger partial charge in [-0.3, -0.25) is 19.9 Å². The van der Waals surface area contributed by atoms with E-state index >= 15 is 0 Å². The van der Waals surface area contributed by atoms with E-state index in [1.165, 1.54) is 44.9 Å². The van der Waals surface area contributed by atoms with E-state index in [1.54, 1.807) is 11.7 Å². The fourth-order valence-corrected chi connectivity index (χ4v) is 4.79. The Labute approximate surface area is 137 Å². The van der Waals surface area contributed by atoms with E-state index in [0.29, 0.717) is 17.0 Å². The third-order valence-electron chi connectivity index (χ3n) is 6.29. The maximum absolute atomic E-state index is 11.5. The summed E-state index contributed by atoms with van der Waals surface area (Å²) in [6.45, 7) is 1.96. The second-order valence-corrected chi connectivity index (χ2v) is 7.59. The molecule has 1 atom stereocenters. The molecule has 0 bridgehead atoms. The Morgan fingerprint density at radius 1 is 1.35 bits per heavy atom. The highest BCUT2D eigenvalue weighted by Crippen LogP contribution is 2.52. The number of aromatic nitrogens is 1. The molecule has 0 radical (unpaired) electrons. The van der Waals surface area contributed by atoms with E-state index in [0.717, 1.165) is 30.8 Å². The lowest BCUT2D eigenvalue weighted by Gasteiger charge is -2.50. The molecule has 1 aromatic rings. The van der Waals surface area contributed by atoms with Crippen LogP contribution in [0.2, 0.25) is 0 Å². The van der Waals surface area contributed by atoms with Gasteiger partial charge in [0.1, 0.15) is 0 Å². The lowest BCUT2D eigenvalue weighted by atomic mass is 9.59. The zero-order chi connectivity index (χ0) is 15.9. The van der Waals surface area contributed by atoms with Crippen LogP contribution in [0.15, 0.2) is 12.3 Å². The van der Waals surface area contributed by atoms with Crippen LogP contribution in [0.25, 0.3) is 0 Å². The van der Waals surface area contributed by atoms with Crippen LogP contribution >= 0.6 is 0 Å². The first-order chi connectivity index (χ1) is 11.2. The first kappa shape index (κ1) is 15.1. The predicted molar refractivity (Wildman–Crippen MR) is 86.1 cm³/mol. The van der Waals surface area contributed by atoms with Crippen LogP contribution in [0.3, 0.4) is 0 Å². The summed E-state index contributed by atoms with van der Waals surface area (Å²) in [6.07, 6.45) is 12.3. The Bertz CT molecular complexity index is 612. The minimum absolute atomic E-state index is 0.436. The molecule has 2 aliphatic carbocycles. The molecule has 0 aromatic carbocycles. The molecule has 2 saturated carbocycles. The number of hydrogen-bond acceptors (Lipinski definition) is 4. The summed E-state index contributed by atoms with van der Waals surface area (Å²) in [5, 5.41) is 8.75. The van der Waals surface area contributed by atoms with Gasteiger partial charge in [-0.1, -0.05) is 12.8 Å². The summed E-state index contributed by atoms with van der Waals surface area (Å²) in [5.41, 5.74) is 5.03. The smallest absolute Gasteiger partial charge is 0.276 e. The molecule has 2 fully saturated rings. The van der Waals surface area contributed by atoms with Gasteiger partial charge < -0.3 is 0 Å². The van der Waals surface area contributed by atoms with Crippen LogP contribution in [0, 0.1) is 5.41 Å². The lowest BCUT2D eigenvalue weighted by Crippen LogP contribution is -2.47. The summed E-state index contributed by atoms with van der Waals surface area (Å²) >= 11 is 0. The van der Waals surface area contributed by atoms with Gasteiger partial charge in [0.2, 0.25) is 0 Å². The second-order valence-electron chi connectivity index (χ2n) is 7.59. The summed E-state index contributed by atoms with van der Waals surface area (Å²) < 4.78 is 0. The highest BCUT2D eigenvalue weighted by atomic mass is 16.5. The molecule has 1 aliphatic heterocycles. The topological polar surface area (TPSA) is 65.5 Å². The van der Waals surface area contributed by atoms with Crippen molar-refractivity contribution >= 4 is 5.91 Å². The van der Waals surface area contributed by atoms with Gasteiger partial charge in [-0.25, -0.2) is 5.48 Å². The molecular formula is C18H25N3O2. The molecule has 0 saturated heterocycles. The van der Waals surface area contributed by atoms with E-state index in [4.69, 9.17) is 5.21 Å². The molecule has 1 aromatic heterocycles. The zero-order valence-electron chi connectivity index (χ0n) is 13.6. The van der Waals surface area contributed by atoms with Gasteiger partial charge in [-0.2, -0.15) is 0 Å². The number of carbonyl (C=O) groups excluding carboxylic acids is 1. The van der Waals surface area contributed by atoms with Crippen LogP contribution in [0.5, 0.6) is 0 Å². The monoisotopic (exact) mass is 315 g/mol. The molecule has 2 N–H and O–H groups in total. The van der Waals surface area contributed by atoms with E-state index in [9.17, 15) is 4.79 Å². The number of amides is 1. The highest BCUT2D eigenvalue weighted by Gasteiger charge is 2.42. The van der Waals surface area contributed by atoms with Crippen molar-refractivity contribution in [2.24, 2.45) is 5.41 Å². The van der Waals surface area contributed by atoms with Gasteiger partial charge in [0.15, 0.2) is 0 Å². The number of nitrogens with one attached hydrogen (secondary N) is 1. The zero-order valence-corrected chi connectivity index (χ0v) is 13.6. The SMILES string of the molecule is O=C(NO)c1cnc2c(c1)CCN(C1CCCC3(CCC3)C1)C2. The summed E-state index contributed by atoms with van der Waals surface area (Å²) in [7, 11) is 0. The summed E-state index contributed by atoms with van der Waals surface area (Å²) in [5.74, 6) is -0.484. The van der Waals surface area contributed by atoms with Crippen molar-refractivity contribution in [2.45, 2.75) is 64.0 Å². The quantitative estimate of drug-likeness (QED) is 0.650. The molecule has 5 heteroatoms. The van der Waals surface area contributed by atoms with E-state index in [-0.39, 0.29) is 0 Å². The number of pyridine rings is 1. The molecule has 1 spiro atoms. The minimum Gasteiger partial charge on any atom is -0.294 e. The standard InChI is InChI=1S/C18H25N3O2/c22-17(20-23)14-9-13-4-8-21(12-16(13)19-11-14)15-3-1-5-18(10-15)6-2-7-18/h9,11,15,23H,1-8,10,12H2,(H,20,22). The van der Waals surface area contributed by atoms with Gasteiger partial charge in [0.25, 0.3) is 5.91 Å². The Hall–Kier alpha value is -1.46. The van der Waals surface area contributed by atoms with Gasteiger partial charge in [-0.15, -0.1) is 0 Å². The molecule has 2 heterocycles. The lowest BCUT2D eigenvalue weighted by molar-refractivity contribution is 0.0115. The second kappa shape index (κ2) is 5.87. The number of carbonyl (C=O) groups is 1. The minimum atomic E-state index is -0.484. The molecule has 5 nitrogen and oxygen atoms in total. The van der Waals surface area contributed by atoms with Gasteiger partial charge in [0, 0.05) is 25.3 Å². The Balaban J connectivity index is 1.47. The fourth-order valence-electron chi connectivity index (χ4n) is 4.79. The Morgan fingerprint density at radius 3 is 2.91 bits per heavy atom. The van der Waals surface area contributed by atoms with Crippen molar-refractivity contribution in [2.75, 3.05) is 6.54 Å². The molecular weight excluding hydrogens is 290 g/mol. The van der Waals surface area contributed by atoms with Crippen molar-refractivity contribution < 1.29 is 10.0 Å². The van der Waals surface area contributed by atoms with E-state index < -0.39 is 5.91 Å². The first-order valence-corrected chi connectivity index (χ1v) is 8.85. The molecule has 1 unspecified atom stereocenters. The van der Waals surface area contributed by atoms with Crippen molar-refractivity contribution in [1.82, 2.24) is 15.4 Å². The van der Waals surface area contributed by atoms with Crippen molar-refractivity contribution in [3.05, 3.63) is 29.1 Å². The third-order valence-corrected chi connectivity index (χ3v) is 6.29. The maximum Gasteiger partial charge on any atom is 0.276 e. The largest absolute Gasteiger partial charge is 0.294 e. The van der Waals surface area contributed by atoms with Crippen LogP contribution in [-0.4, -0.2) is 33.6 Å². The van der Waals surface area contributed by atoms with Gasteiger partial charge in [0.05, 0.1) is 11.3 Å². The summed E-state index contributed by atoms with van der Waals surface area (Å²) in [6, 6.07) is 2.58. The van der Waals surface area contributed by atoms with Crippen LogP contribution in [0.4, 0.5) is 0 Å². The third kappa shape index (κ3) is 2.76. The number of fused-ring (bicyclic) bond motifs is 1. The number of hydrogen-bond donors (Lipinski definition) is 2. The highest BCUT2D eigenvalue weighted by molar-refractivity contribution is 5.93. The van der Waals surface area contributed by atoms with Crippen LogP contribution in [0.1, 0.15) is 66.6 Å². The Kier molecular flexibility index (Phi) is 3.85. The predicted octanol–water partition coefficient (Wildman–Crippen LogP) is 2.67. The number of nitrogens with zero attached hydrogens (tertiary/aromatic N) is 2. The fraction of sp³-hybridized carbons (Fsp3) is 0.667. The maximum atomic E-state index is 11.5. The van der Waals surface area contributed by atoms with E-state index in [2.05, 4.69) is 9.88 Å². The molecule has 3 aliphatic rings. The normalized spacial score (nSPS) is 26.4. The van der Waals surface area contributed by atoms with Crippen molar-refractivity contribution in [3.63, 3.8) is 0 Å². The van der Waals surface area contributed by atoms with Crippen molar-refractivity contribution in [3.8, 4) is 0 Å². The van der Waals surface area contributed by atoms with Crippen molar-refractivity contribution in [1.29, 1.82) is 0 Å². The summed E-state index contributed by atoms with van der Waals surface area (Å²) in [4.78, 5) is 18.6. The Morgan fingerprint density at radius 2 is 2.17 bits per heavy atom. The average Bonchev–Trinajstić information content (AvgIpc) is 2.59. The van der Waals surface area contributed by atoms with Gasteiger partial charge in [-0.05, 0) is 55.6 Å². The van der Waals surface area contributed by atoms with Crippen LogP contribution in [-0.2, 0) is 13.0 Å². The molecule has 23 heavy (non-hydrogen) atoms. The molecule has 4 rings (SSSR count). The van der Waals surface area contributed by atoms with Gasteiger partial charge >= 0.3 is 0 Å². The average molecular weight is 315 g/mol. The first-order valence-electron chi connectivity index (χ1n) is 8.85. The molecule has 124 valence electrons. The molecule has 1 amide bonds. The number of hydroxylamine groups is 1. The number of rotatable bonds is 2. The van der Waals surface area contributed by atoms with Crippen LogP contribution < -0.4 is 5.48 Å². The van der Waals surface area contributed by atoms with E-state index in [1.807, 2.05) is 6.07 Å².